The lowest BCUT2D eigenvalue weighted by atomic mass is 10.3. The molecule has 8 heteroatoms. The Labute approximate surface area is 105 Å². The summed E-state index contributed by atoms with van der Waals surface area (Å²) in [7, 11) is 0. The van der Waals surface area contributed by atoms with Crippen LogP contribution < -0.4 is 5.73 Å². The number of halogens is 4. The molecule has 2 N–H and O–H groups in total. The van der Waals surface area contributed by atoms with Gasteiger partial charge in [0.1, 0.15) is 0 Å². The molecule has 18 heavy (non-hydrogen) atoms. The first-order chi connectivity index (χ1) is 8.41. The summed E-state index contributed by atoms with van der Waals surface area (Å²) in [5.41, 5.74) is 5.09. The molecule has 0 aliphatic carbocycles. The molecule has 0 fully saturated rings. The van der Waals surface area contributed by atoms with Gasteiger partial charge in [-0.1, -0.05) is 11.6 Å². The summed E-state index contributed by atoms with van der Waals surface area (Å²) in [5.74, 6) is 0.129. The van der Waals surface area contributed by atoms with E-state index in [1.54, 1.807) is 6.07 Å². The maximum Gasteiger partial charge on any atom is 0.435 e. The van der Waals surface area contributed by atoms with Gasteiger partial charge in [0.15, 0.2) is 11.5 Å². The van der Waals surface area contributed by atoms with Gasteiger partial charge in [0, 0.05) is 18.9 Å². The Morgan fingerprint density at radius 2 is 2.11 bits per heavy atom. The lowest BCUT2D eigenvalue weighted by Crippen LogP contribution is -2.08. The topological polar surface area (TPSA) is 56.7 Å². The van der Waals surface area contributed by atoms with E-state index in [4.69, 9.17) is 17.3 Å². The Kier molecular flexibility index (Phi) is 3.27. The molecule has 2 heterocycles. The molecule has 0 radical (unpaired) electrons. The summed E-state index contributed by atoms with van der Waals surface area (Å²) >= 11 is 5.91. The lowest BCUT2D eigenvalue weighted by molar-refractivity contribution is -0.141. The van der Waals surface area contributed by atoms with Gasteiger partial charge < -0.3 is 5.73 Å². The van der Waals surface area contributed by atoms with Crippen LogP contribution in [0.25, 0.3) is 5.82 Å². The highest BCUT2D eigenvalue weighted by molar-refractivity contribution is 6.32. The Balaban J connectivity index is 2.40. The van der Waals surface area contributed by atoms with Crippen molar-refractivity contribution in [3.63, 3.8) is 0 Å². The molecule has 0 aliphatic heterocycles. The molecule has 0 amide bonds. The number of rotatable bonds is 2. The SMILES string of the molecule is NCc1cnc(-n2ccc(C(F)(F)F)n2)c(Cl)c1. The van der Waals surface area contributed by atoms with Crippen LogP contribution in [0, 0.1) is 0 Å². The van der Waals surface area contributed by atoms with E-state index in [0.717, 1.165) is 16.9 Å². The first-order valence-electron chi connectivity index (χ1n) is 4.89. The van der Waals surface area contributed by atoms with E-state index < -0.39 is 11.9 Å². The number of nitrogens with zero attached hydrogens (tertiary/aromatic N) is 3. The zero-order valence-corrected chi connectivity index (χ0v) is 9.70. The third kappa shape index (κ3) is 2.46. The van der Waals surface area contributed by atoms with Crippen molar-refractivity contribution in [3.8, 4) is 5.82 Å². The molecule has 0 bridgehead atoms. The number of nitrogens with two attached hydrogens (primary N) is 1. The van der Waals surface area contributed by atoms with Gasteiger partial charge in [-0.25, -0.2) is 9.67 Å². The smallest absolute Gasteiger partial charge is 0.326 e. The highest BCUT2D eigenvalue weighted by atomic mass is 35.5. The highest BCUT2D eigenvalue weighted by Gasteiger charge is 2.33. The first-order valence-corrected chi connectivity index (χ1v) is 5.27. The zero-order valence-electron chi connectivity index (χ0n) is 8.95. The van der Waals surface area contributed by atoms with Gasteiger partial charge in [0.25, 0.3) is 0 Å². The summed E-state index contributed by atoms with van der Waals surface area (Å²) < 4.78 is 38.1. The molecule has 2 rings (SSSR count). The van der Waals surface area contributed by atoms with Gasteiger partial charge in [-0.05, 0) is 17.7 Å². The minimum Gasteiger partial charge on any atom is -0.326 e. The first kappa shape index (κ1) is 12.8. The molecule has 0 aromatic carbocycles. The van der Waals surface area contributed by atoms with Crippen molar-refractivity contribution in [2.45, 2.75) is 12.7 Å². The maximum atomic E-state index is 12.4. The average molecular weight is 277 g/mol. The van der Waals surface area contributed by atoms with Crippen LogP contribution in [0.2, 0.25) is 5.02 Å². The Morgan fingerprint density at radius 3 is 2.61 bits per heavy atom. The van der Waals surface area contributed by atoms with E-state index in [9.17, 15) is 13.2 Å². The minimum atomic E-state index is -4.49. The van der Waals surface area contributed by atoms with Gasteiger partial charge in [-0.3, -0.25) is 0 Å². The van der Waals surface area contributed by atoms with Gasteiger partial charge in [0.05, 0.1) is 5.02 Å². The number of hydrogen-bond donors (Lipinski definition) is 1. The number of hydrogen-bond acceptors (Lipinski definition) is 3. The molecule has 0 spiro atoms. The predicted octanol–water partition coefficient (Wildman–Crippen LogP) is 2.40. The monoisotopic (exact) mass is 276 g/mol. The van der Waals surface area contributed by atoms with Crippen molar-refractivity contribution in [2.24, 2.45) is 5.73 Å². The van der Waals surface area contributed by atoms with Crippen LogP contribution in [0.4, 0.5) is 13.2 Å². The van der Waals surface area contributed by atoms with E-state index in [0.29, 0.717) is 5.56 Å². The predicted molar refractivity (Wildman–Crippen MR) is 59.3 cm³/mol. The van der Waals surface area contributed by atoms with Crippen molar-refractivity contribution in [3.05, 3.63) is 40.8 Å². The summed E-state index contributed by atoms with van der Waals surface area (Å²) in [6.07, 6.45) is -1.90. The summed E-state index contributed by atoms with van der Waals surface area (Å²) in [5, 5.41) is 3.57. The third-order valence-corrected chi connectivity index (χ3v) is 2.49. The fraction of sp³-hybridized carbons (Fsp3) is 0.200. The number of alkyl halides is 3. The average Bonchev–Trinajstić information content (AvgIpc) is 2.77. The molecule has 0 saturated heterocycles. The van der Waals surface area contributed by atoms with Crippen molar-refractivity contribution < 1.29 is 13.2 Å². The van der Waals surface area contributed by atoms with E-state index in [-0.39, 0.29) is 17.4 Å². The molecular weight excluding hydrogens is 269 g/mol. The zero-order chi connectivity index (χ0) is 13.3. The van der Waals surface area contributed by atoms with E-state index in [2.05, 4.69) is 10.1 Å². The van der Waals surface area contributed by atoms with Gasteiger partial charge in [0.2, 0.25) is 0 Å². The summed E-state index contributed by atoms with van der Waals surface area (Å²) in [4.78, 5) is 3.94. The Hall–Kier alpha value is -1.60. The molecule has 96 valence electrons. The number of aromatic nitrogens is 3. The van der Waals surface area contributed by atoms with Crippen molar-refractivity contribution in [1.29, 1.82) is 0 Å². The van der Waals surface area contributed by atoms with E-state index in [1.165, 1.54) is 6.20 Å². The Morgan fingerprint density at radius 1 is 1.39 bits per heavy atom. The molecule has 0 aliphatic rings. The van der Waals surface area contributed by atoms with Crippen molar-refractivity contribution >= 4 is 11.6 Å². The van der Waals surface area contributed by atoms with Gasteiger partial charge in [-0.15, -0.1) is 0 Å². The maximum absolute atomic E-state index is 12.4. The summed E-state index contributed by atoms with van der Waals surface area (Å²) in [6, 6.07) is 2.40. The fourth-order valence-electron chi connectivity index (χ4n) is 1.34. The second-order valence-electron chi connectivity index (χ2n) is 3.50. The Bertz CT molecular complexity index is 564. The van der Waals surface area contributed by atoms with Crippen LogP contribution in [0.3, 0.4) is 0 Å². The van der Waals surface area contributed by atoms with Crippen molar-refractivity contribution in [1.82, 2.24) is 14.8 Å². The van der Waals surface area contributed by atoms with Crippen molar-refractivity contribution in [2.75, 3.05) is 0 Å². The van der Waals surface area contributed by atoms with Crippen LogP contribution in [0.5, 0.6) is 0 Å². The lowest BCUT2D eigenvalue weighted by Gasteiger charge is -2.05. The molecule has 0 saturated carbocycles. The standard InChI is InChI=1S/C10H8ClF3N4/c11-7-3-6(4-15)5-16-9(7)18-2-1-8(17-18)10(12,13)14/h1-3,5H,4,15H2. The van der Waals surface area contributed by atoms with Crippen LogP contribution in [-0.2, 0) is 12.7 Å². The minimum absolute atomic E-state index is 0.129. The van der Waals surface area contributed by atoms with Crippen LogP contribution in [-0.4, -0.2) is 14.8 Å². The number of pyridine rings is 1. The second kappa shape index (κ2) is 4.58. The van der Waals surface area contributed by atoms with Gasteiger partial charge in [-0.2, -0.15) is 18.3 Å². The normalized spacial score (nSPS) is 11.8. The van der Waals surface area contributed by atoms with Crippen LogP contribution in [0.15, 0.2) is 24.5 Å². The van der Waals surface area contributed by atoms with E-state index >= 15 is 0 Å². The molecule has 0 atom stereocenters. The fourth-order valence-corrected chi connectivity index (χ4v) is 1.62. The molecule has 2 aromatic heterocycles. The van der Waals surface area contributed by atoms with Crippen LogP contribution in [0.1, 0.15) is 11.3 Å². The van der Waals surface area contributed by atoms with E-state index in [1.807, 2.05) is 0 Å². The molecule has 0 unspecified atom stereocenters. The molecular formula is C10H8ClF3N4. The van der Waals surface area contributed by atoms with Crippen LogP contribution >= 0.6 is 11.6 Å². The molecule has 2 aromatic rings. The largest absolute Gasteiger partial charge is 0.435 e. The summed E-state index contributed by atoms with van der Waals surface area (Å²) in [6.45, 7) is 0.250. The second-order valence-corrected chi connectivity index (χ2v) is 3.90. The highest BCUT2D eigenvalue weighted by Crippen LogP contribution is 2.28. The third-order valence-electron chi connectivity index (χ3n) is 2.21. The van der Waals surface area contributed by atoms with Gasteiger partial charge >= 0.3 is 6.18 Å². The quantitative estimate of drug-likeness (QED) is 0.916. The molecule has 4 nitrogen and oxygen atoms in total.